The number of nitrogens with zero attached hydrogens (tertiary/aromatic N) is 2. The smallest absolute Gasteiger partial charge is 0.147 e. The normalized spacial score (nSPS) is 10.1. The van der Waals surface area contributed by atoms with Gasteiger partial charge in [-0.15, -0.1) is 0 Å². The van der Waals surface area contributed by atoms with Gasteiger partial charge in [-0.1, -0.05) is 22.0 Å². The van der Waals surface area contributed by atoms with Gasteiger partial charge in [-0.2, -0.15) is 0 Å². The third kappa shape index (κ3) is 2.93. The molecule has 0 unspecified atom stereocenters. The monoisotopic (exact) mass is 278 g/mol. The Morgan fingerprint density at radius 1 is 1.25 bits per heavy atom. The number of hydrogen-bond donors (Lipinski definition) is 2. The van der Waals surface area contributed by atoms with Gasteiger partial charge in [0.05, 0.1) is 24.6 Å². The second-order valence-corrected chi connectivity index (χ2v) is 4.21. The van der Waals surface area contributed by atoms with E-state index in [4.69, 9.17) is 5.73 Å². The van der Waals surface area contributed by atoms with Crippen molar-refractivity contribution < 1.29 is 0 Å². The zero-order chi connectivity index (χ0) is 11.4. The molecule has 0 bridgehead atoms. The van der Waals surface area contributed by atoms with Gasteiger partial charge in [-0.3, -0.25) is 0 Å². The molecule has 5 heteroatoms. The lowest BCUT2D eigenvalue weighted by molar-refractivity contribution is 0.951. The van der Waals surface area contributed by atoms with E-state index in [1.807, 2.05) is 24.3 Å². The number of hydrogen-bond acceptors (Lipinski definition) is 4. The van der Waals surface area contributed by atoms with Gasteiger partial charge >= 0.3 is 0 Å². The van der Waals surface area contributed by atoms with Crippen molar-refractivity contribution in [2.45, 2.75) is 6.54 Å². The quantitative estimate of drug-likeness (QED) is 0.905. The molecule has 0 aliphatic heterocycles. The maximum absolute atomic E-state index is 5.50. The number of nitrogens with one attached hydrogen (secondary N) is 1. The fourth-order valence-electron chi connectivity index (χ4n) is 1.24. The van der Waals surface area contributed by atoms with Crippen molar-refractivity contribution in [2.24, 2.45) is 0 Å². The van der Waals surface area contributed by atoms with Gasteiger partial charge in [0, 0.05) is 10.2 Å². The van der Waals surface area contributed by atoms with Crippen LogP contribution in [0.2, 0.25) is 0 Å². The molecule has 82 valence electrons. The molecule has 16 heavy (non-hydrogen) atoms. The van der Waals surface area contributed by atoms with E-state index in [0.29, 0.717) is 18.1 Å². The molecule has 1 aromatic heterocycles. The van der Waals surface area contributed by atoms with Crippen molar-refractivity contribution in [1.82, 2.24) is 9.97 Å². The Morgan fingerprint density at radius 2 is 2.00 bits per heavy atom. The van der Waals surface area contributed by atoms with E-state index in [1.54, 1.807) is 12.4 Å². The van der Waals surface area contributed by atoms with E-state index in [9.17, 15) is 0 Å². The summed E-state index contributed by atoms with van der Waals surface area (Å²) in [7, 11) is 0. The van der Waals surface area contributed by atoms with Crippen molar-refractivity contribution in [3.05, 3.63) is 47.0 Å². The molecule has 1 heterocycles. The second-order valence-electron chi connectivity index (χ2n) is 3.30. The van der Waals surface area contributed by atoms with Crippen LogP contribution in [0, 0.1) is 0 Å². The third-order valence-electron chi connectivity index (χ3n) is 2.00. The predicted octanol–water partition coefficient (Wildman–Crippen LogP) is 2.43. The molecule has 0 aliphatic carbocycles. The minimum Gasteiger partial charge on any atom is -0.396 e. The molecule has 0 amide bonds. The fourth-order valence-corrected chi connectivity index (χ4v) is 1.63. The zero-order valence-corrected chi connectivity index (χ0v) is 10.1. The van der Waals surface area contributed by atoms with Gasteiger partial charge in [-0.05, 0) is 18.2 Å². The molecule has 2 aromatic rings. The van der Waals surface area contributed by atoms with Crippen molar-refractivity contribution in [1.29, 1.82) is 0 Å². The predicted molar refractivity (Wildman–Crippen MR) is 67.9 cm³/mol. The minimum atomic E-state index is 0.575. The number of nitrogens with two attached hydrogens (primary N) is 1. The Balaban J connectivity index is 1.99. The third-order valence-corrected chi connectivity index (χ3v) is 2.49. The van der Waals surface area contributed by atoms with Crippen LogP contribution >= 0.6 is 15.9 Å². The molecule has 1 aromatic carbocycles. The Morgan fingerprint density at radius 3 is 2.69 bits per heavy atom. The molecule has 0 aliphatic rings. The van der Waals surface area contributed by atoms with E-state index < -0.39 is 0 Å². The van der Waals surface area contributed by atoms with Crippen molar-refractivity contribution in [2.75, 3.05) is 11.1 Å². The summed E-state index contributed by atoms with van der Waals surface area (Å²) >= 11 is 3.41. The first-order valence-corrected chi connectivity index (χ1v) is 5.59. The van der Waals surface area contributed by atoms with Crippen LogP contribution < -0.4 is 11.1 Å². The molecule has 4 nitrogen and oxygen atoms in total. The number of benzene rings is 1. The highest BCUT2D eigenvalue weighted by molar-refractivity contribution is 9.10. The first-order chi connectivity index (χ1) is 7.74. The molecule has 0 saturated heterocycles. The van der Waals surface area contributed by atoms with Crippen LogP contribution in [0.4, 0.5) is 11.4 Å². The minimum absolute atomic E-state index is 0.575. The zero-order valence-electron chi connectivity index (χ0n) is 8.52. The average Bonchev–Trinajstić information content (AvgIpc) is 2.28. The topological polar surface area (TPSA) is 63.8 Å². The summed E-state index contributed by atoms with van der Waals surface area (Å²) in [6.07, 6.45) is 3.20. The molecule has 0 atom stereocenters. The second kappa shape index (κ2) is 4.94. The molecule has 0 saturated carbocycles. The summed E-state index contributed by atoms with van der Waals surface area (Å²) in [5.41, 5.74) is 7.10. The van der Waals surface area contributed by atoms with Crippen molar-refractivity contribution in [3.63, 3.8) is 0 Å². The lowest BCUT2D eigenvalue weighted by Crippen LogP contribution is -2.04. The lowest BCUT2D eigenvalue weighted by atomic mass is 10.3. The number of aromatic nitrogens is 2. The first-order valence-electron chi connectivity index (χ1n) is 4.80. The molecule has 0 spiro atoms. The molecular formula is C11H11BrN4. The van der Waals surface area contributed by atoms with Crippen LogP contribution in [0.25, 0.3) is 0 Å². The van der Waals surface area contributed by atoms with Gasteiger partial charge < -0.3 is 11.1 Å². The number of nitrogen functional groups attached to an aromatic ring is 1. The van der Waals surface area contributed by atoms with E-state index in [2.05, 4.69) is 31.2 Å². The lowest BCUT2D eigenvalue weighted by Gasteiger charge is -2.05. The number of halogens is 1. The van der Waals surface area contributed by atoms with Crippen molar-refractivity contribution in [3.8, 4) is 0 Å². The molecule has 3 N–H and O–H groups in total. The van der Waals surface area contributed by atoms with E-state index >= 15 is 0 Å². The van der Waals surface area contributed by atoms with E-state index in [-0.39, 0.29) is 0 Å². The number of rotatable bonds is 3. The Bertz CT molecular complexity index is 470. The average molecular weight is 279 g/mol. The maximum atomic E-state index is 5.50. The summed E-state index contributed by atoms with van der Waals surface area (Å²) in [6.45, 7) is 0.580. The van der Waals surface area contributed by atoms with Crippen LogP contribution in [0.15, 0.2) is 41.1 Å². The maximum Gasteiger partial charge on any atom is 0.147 e. The van der Waals surface area contributed by atoms with Gasteiger partial charge in [0.25, 0.3) is 0 Å². The highest BCUT2D eigenvalue weighted by Crippen LogP contribution is 2.15. The highest BCUT2D eigenvalue weighted by atomic mass is 79.9. The van der Waals surface area contributed by atoms with E-state index in [1.165, 1.54) is 0 Å². The van der Waals surface area contributed by atoms with Crippen LogP contribution in [-0.2, 0) is 6.54 Å². The summed E-state index contributed by atoms with van der Waals surface area (Å²) < 4.78 is 1.04. The van der Waals surface area contributed by atoms with Crippen LogP contribution in [0.1, 0.15) is 5.82 Å². The van der Waals surface area contributed by atoms with Crippen LogP contribution in [0.5, 0.6) is 0 Å². The summed E-state index contributed by atoms with van der Waals surface area (Å²) in [4.78, 5) is 8.21. The van der Waals surface area contributed by atoms with Crippen molar-refractivity contribution >= 4 is 27.3 Å². The number of anilines is 2. The Kier molecular flexibility index (Phi) is 3.36. The molecule has 0 fully saturated rings. The highest BCUT2D eigenvalue weighted by Gasteiger charge is 1.97. The molecule has 0 radical (unpaired) electrons. The fraction of sp³-hybridized carbons (Fsp3) is 0.0909. The Labute approximate surface area is 102 Å². The Hall–Kier alpha value is -1.62. The van der Waals surface area contributed by atoms with Gasteiger partial charge in [0.15, 0.2) is 0 Å². The first kappa shape index (κ1) is 10.9. The van der Waals surface area contributed by atoms with Crippen LogP contribution in [0.3, 0.4) is 0 Å². The van der Waals surface area contributed by atoms with Gasteiger partial charge in [0.2, 0.25) is 0 Å². The SMILES string of the molecule is Nc1cnc(CNc2cccc(Br)c2)nc1. The summed E-state index contributed by atoms with van der Waals surface area (Å²) in [6, 6.07) is 7.93. The van der Waals surface area contributed by atoms with E-state index in [0.717, 1.165) is 10.2 Å². The van der Waals surface area contributed by atoms with Gasteiger partial charge in [0.1, 0.15) is 5.82 Å². The largest absolute Gasteiger partial charge is 0.396 e. The standard InChI is InChI=1S/C11H11BrN4/c12-8-2-1-3-10(4-8)14-7-11-15-5-9(13)6-16-11/h1-6,14H,7,13H2. The molecular weight excluding hydrogens is 268 g/mol. The summed E-state index contributed by atoms with van der Waals surface area (Å²) in [5.74, 6) is 0.717. The van der Waals surface area contributed by atoms with Gasteiger partial charge in [-0.25, -0.2) is 9.97 Å². The van der Waals surface area contributed by atoms with Crippen LogP contribution in [-0.4, -0.2) is 9.97 Å². The summed E-state index contributed by atoms with van der Waals surface area (Å²) in [5, 5.41) is 3.23. The molecule has 2 rings (SSSR count).